The zero-order valence-electron chi connectivity index (χ0n) is 13.1. The Bertz CT molecular complexity index is 684. The van der Waals surface area contributed by atoms with Gasteiger partial charge in [-0.2, -0.15) is 0 Å². The van der Waals surface area contributed by atoms with Crippen molar-refractivity contribution < 1.29 is 9.47 Å². The number of nitrogens with one attached hydrogen (secondary N) is 1. The molecule has 0 amide bonds. The predicted molar refractivity (Wildman–Crippen MR) is 91.5 cm³/mol. The Labute approximate surface area is 139 Å². The zero-order valence-corrected chi connectivity index (χ0v) is 14.8. The van der Waals surface area contributed by atoms with Crippen molar-refractivity contribution >= 4 is 28.7 Å². The van der Waals surface area contributed by atoms with E-state index in [0.29, 0.717) is 6.67 Å². The minimum Gasteiger partial charge on any atom is -0.493 e. The molecule has 0 saturated heterocycles. The Balaban J connectivity index is 2.06. The van der Waals surface area contributed by atoms with Gasteiger partial charge in [0.25, 0.3) is 0 Å². The van der Waals surface area contributed by atoms with Crippen LogP contribution in [-0.4, -0.2) is 43.0 Å². The highest BCUT2D eigenvalue weighted by Gasteiger charge is 2.09. The van der Waals surface area contributed by atoms with Gasteiger partial charge in [0.1, 0.15) is 0 Å². The maximum Gasteiger partial charge on any atom is 0.204 e. The predicted octanol–water partition coefficient (Wildman–Crippen LogP) is 2.82. The normalized spacial score (nSPS) is 10.8. The first-order chi connectivity index (χ1) is 10.6. The highest BCUT2D eigenvalue weighted by Crippen LogP contribution is 2.28. The van der Waals surface area contributed by atoms with E-state index in [4.69, 9.17) is 21.7 Å². The summed E-state index contributed by atoms with van der Waals surface area (Å²) in [6.45, 7) is 1.39. The molecule has 0 fully saturated rings. The second-order valence-corrected chi connectivity index (χ2v) is 6.39. The first-order valence-electron chi connectivity index (χ1n) is 6.72. The third kappa shape index (κ3) is 3.96. The van der Waals surface area contributed by atoms with Crippen LogP contribution in [0.1, 0.15) is 5.56 Å². The summed E-state index contributed by atoms with van der Waals surface area (Å²) < 4.78 is 13.1. The molecule has 2 rings (SSSR count). The van der Waals surface area contributed by atoms with Gasteiger partial charge in [0.05, 0.1) is 20.9 Å². The van der Waals surface area contributed by atoms with Crippen molar-refractivity contribution in [1.29, 1.82) is 0 Å². The van der Waals surface area contributed by atoms with Crippen molar-refractivity contribution in [3.8, 4) is 11.5 Å². The number of hydrogen-bond donors (Lipinski definition) is 1. The number of hydrogen-bond acceptors (Lipinski definition) is 7. The van der Waals surface area contributed by atoms with Gasteiger partial charge in [-0.15, -0.1) is 5.10 Å². The van der Waals surface area contributed by atoms with E-state index in [0.717, 1.165) is 32.7 Å². The van der Waals surface area contributed by atoms with Crippen LogP contribution < -0.4 is 14.8 Å². The van der Waals surface area contributed by atoms with Gasteiger partial charge < -0.3 is 14.8 Å². The van der Waals surface area contributed by atoms with E-state index in [1.165, 1.54) is 11.3 Å². The van der Waals surface area contributed by atoms with Crippen molar-refractivity contribution in [3.63, 3.8) is 0 Å². The largest absolute Gasteiger partial charge is 0.493 e. The number of methoxy groups -OCH3 is 2. The molecule has 0 radical (unpaired) electrons. The Kier molecular flexibility index (Phi) is 5.76. The SMILES string of the molecule is CNc1nn(CN(C)Cc2ccc(OC)c(OC)c2)c(=S)s1. The molecular formula is C14H20N4O2S2. The molecule has 1 heterocycles. The molecule has 0 bridgehead atoms. The summed E-state index contributed by atoms with van der Waals surface area (Å²) in [6.07, 6.45) is 0. The summed E-state index contributed by atoms with van der Waals surface area (Å²) in [5, 5.41) is 8.24. The number of benzene rings is 1. The topological polar surface area (TPSA) is 51.6 Å². The van der Waals surface area contributed by atoms with Gasteiger partial charge in [0, 0.05) is 13.6 Å². The lowest BCUT2D eigenvalue weighted by atomic mass is 10.2. The van der Waals surface area contributed by atoms with E-state index < -0.39 is 0 Å². The summed E-state index contributed by atoms with van der Waals surface area (Å²) in [7, 11) is 7.13. The van der Waals surface area contributed by atoms with Crippen LogP contribution in [-0.2, 0) is 13.2 Å². The summed E-state index contributed by atoms with van der Waals surface area (Å²) in [5.41, 5.74) is 1.13. The van der Waals surface area contributed by atoms with Gasteiger partial charge in [0.2, 0.25) is 5.13 Å². The molecule has 120 valence electrons. The molecular weight excluding hydrogens is 320 g/mol. The molecule has 0 unspecified atom stereocenters. The second kappa shape index (κ2) is 7.57. The van der Waals surface area contributed by atoms with Crippen molar-refractivity contribution in [2.24, 2.45) is 0 Å². The Hall–Kier alpha value is -1.64. The fourth-order valence-electron chi connectivity index (χ4n) is 2.07. The van der Waals surface area contributed by atoms with Crippen LogP contribution in [0.3, 0.4) is 0 Å². The lowest BCUT2D eigenvalue weighted by Gasteiger charge is -2.17. The third-order valence-electron chi connectivity index (χ3n) is 3.10. The van der Waals surface area contributed by atoms with Crippen molar-refractivity contribution in [2.75, 3.05) is 33.6 Å². The monoisotopic (exact) mass is 340 g/mol. The third-order valence-corrected chi connectivity index (χ3v) is 4.42. The van der Waals surface area contributed by atoms with Gasteiger partial charge in [0.15, 0.2) is 15.5 Å². The number of anilines is 1. The minimum atomic E-state index is 0.630. The number of ether oxygens (including phenoxy) is 2. The van der Waals surface area contributed by atoms with Crippen molar-refractivity contribution in [2.45, 2.75) is 13.2 Å². The van der Waals surface area contributed by atoms with Gasteiger partial charge in [-0.25, -0.2) is 4.68 Å². The fraction of sp³-hybridized carbons (Fsp3) is 0.429. The molecule has 1 N–H and O–H groups in total. The maximum absolute atomic E-state index is 5.33. The summed E-state index contributed by atoms with van der Waals surface area (Å²) >= 11 is 6.78. The summed E-state index contributed by atoms with van der Waals surface area (Å²) in [6, 6.07) is 5.92. The van der Waals surface area contributed by atoms with E-state index in [2.05, 4.69) is 15.3 Å². The highest BCUT2D eigenvalue weighted by molar-refractivity contribution is 7.73. The number of nitrogens with zero attached hydrogens (tertiary/aromatic N) is 3. The Morgan fingerprint density at radius 2 is 2.05 bits per heavy atom. The van der Waals surface area contributed by atoms with E-state index in [1.807, 2.05) is 37.0 Å². The molecule has 1 aromatic carbocycles. The van der Waals surface area contributed by atoms with Crippen LogP contribution >= 0.6 is 23.6 Å². The van der Waals surface area contributed by atoms with Crippen LogP contribution in [0, 0.1) is 3.95 Å². The van der Waals surface area contributed by atoms with E-state index in [9.17, 15) is 0 Å². The molecule has 2 aromatic rings. The van der Waals surface area contributed by atoms with Crippen LogP contribution in [0.2, 0.25) is 0 Å². The molecule has 0 aliphatic carbocycles. The average Bonchev–Trinajstić information content (AvgIpc) is 2.87. The van der Waals surface area contributed by atoms with E-state index in [1.54, 1.807) is 14.2 Å². The molecule has 0 saturated carbocycles. The Morgan fingerprint density at radius 3 is 2.64 bits per heavy atom. The zero-order chi connectivity index (χ0) is 16.1. The Morgan fingerprint density at radius 1 is 1.32 bits per heavy atom. The lowest BCUT2D eigenvalue weighted by Crippen LogP contribution is -2.22. The van der Waals surface area contributed by atoms with Crippen LogP contribution in [0.5, 0.6) is 11.5 Å². The van der Waals surface area contributed by atoms with Gasteiger partial charge in [-0.3, -0.25) is 4.90 Å². The fourth-order valence-corrected chi connectivity index (χ4v) is 3.01. The maximum atomic E-state index is 5.33. The molecule has 1 aromatic heterocycles. The van der Waals surface area contributed by atoms with E-state index >= 15 is 0 Å². The molecule has 22 heavy (non-hydrogen) atoms. The molecule has 0 spiro atoms. The molecule has 0 atom stereocenters. The second-order valence-electron chi connectivity index (χ2n) is 4.77. The summed E-state index contributed by atoms with van der Waals surface area (Å²) in [5.74, 6) is 1.46. The molecule has 8 heteroatoms. The molecule has 6 nitrogen and oxygen atoms in total. The van der Waals surface area contributed by atoms with Gasteiger partial charge in [-0.05, 0) is 37.0 Å². The van der Waals surface area contributed by atoms with Crippen molar-refractivity contribution in [1.82, 2.24) is 14.7 Å². The molecule has 0 aliphatic heterocycles. The smallest absolute Gasteiger partial charge is 0.204 e. The van der Waals surface area contributed by atoms with Crippen molar-refractivity contribution in [3.05, 3.63) is 27.7 Å². The first-order valence-corrected chi connectivity index (χ1v) is 7.95. The average molecular weight is 340 g/mol. The minimum absolute atomic E-state index is 0.630. The summed E-state index contributed by atoms with van der Waals surface area (Å²) in [4.78, 5) is 2.14. The molecule has 0 aliphatic rings. The highest BCUT2D eigenvalue weighted by atomic mass is 32.1. The van der Waals surface area contributed by atoms with Crippen LogP contribution in [0.15, 0.2) is 18.2 Å². The number of aromatic nitrogens is 2. The quantitative estimate of drug-likeness (QED) is 0.782. The van der Waals surface area contributed by atoms with Crippen LogP contribution in [0.25, 0.3) is 0 Å². The first kappa shape index (κ1) is 16.7. The lowest BCUT2D eigenvalue weighted by molar-refractivity contribution is 0.245. The number of rotatable bonds is 7. The standard InChI is InChI=1S/C14H20N4O2S2/c1-15-13-16-18(14(21)22-13)9-17(2)8-10-5-6-11(19-3)12(7-10)20-4/h5-7H,8-9H2,1-4H3,(H,15,16). The van der Waals surface area contributed by atoms with Gasteiger partial charge in [-0.1, -0.05) is 17.4 Å². The van der Waals surface area contributed by atoms with Gasteiger partial charge >= 0.3 is 0 Å². The van der Waals surface area contributed by atoms with E-state index in [-0.39, 0.29) is 0 Å². The van der Waals surface area contributed by atoms with Crippen LogP contribution in [0.4, 0.5) is 5.13 Å².